The summed E-state index contributed by atoms with van der Waals surface area (Å²) in [6.45, 7) is 4.33. The number of aliphatic carboxylic acids is 1. The maximum Gasteiger partial charge on any atom is 0.573 e. The topological polar surface area (TPSA) is 84.8 Å². The highest BCUT2D eigenvalue weighted by atomic mass is 19.4. The van der Waals surface area contributed by atoms with Gasteiger partial charge in [0.15, 0.2) is 5.60 Å². The molecule has 1 N–H and O–H groups in total. The third kappa shape index (κ3) is 8.48. The van der Waals surface area contributed by atoms with Crippen LogP contribution in [0.4, 0.5) is 32.3 Å². The molecule has 0 aliphatic rings. The second kappa shape index (κ2) is 12.0. The number of ether oxygens (including phenoxy) is 2. The van der Waals surface area contributed by atoms with Crippen LogP contribution in [0.2, 0.25) is 0 Å². The van der Waals surface area contributed by atoms with Crippen molar-refractivity contribution in [2.75, 3.05) is 11.4 Å². The van der Waals surface area contributed by atoms with E-state index < -0.39 is 41.2 Å². The van der Waals surface area contributed by atoms with Gasteiger partial charge in [-0.3, -0.25) is 0 Å². The van der Waals surface area contributed by atoms with E-state index in [1.165, 1.54) is 18.2 Å². The predicted octanol–water partition coefficient (Wildman–Crippen LogP) is 6.45. The molecule has 40 heavy (non-hydrogen) atoms. The lowest BCUT2D eigenvalue weighted by Gasteiger charge is -2.25. The molecule has 0 bridgehead atoms. The van der Waals surface area contributed by atoms with Gasteiger partial charge in [0, 0.05) is 25.5 Å². The van der Waals surface area contributed by atoms with Crippen LogP contribution < -0.4 is 14.4 Å². The van der Waals surface area contributed by atoms with Crippen LogP contribution in [0.25, 0.3) is 0 Å². The molecule has 3 rings (SSSR count). The zero-order valence-corrected chi connectivity index (χ0v) is 21.8. The Kier molecular flexibility index (Phi) is 9.16. The van der Waals surface area contributed by atoms with Gasteiger partial charge in [-0.05, 0) is 67.6 Å². The Labute approximate surface area is 226 Å². The molecule has 216 valence electrons. The van der Waals surface area contributed by atoms with Crippen molar-refractivity contribution in [1.82, 2.24) is 9.97 Å². The molecule has 0 amide bonds. The number of carboxylic acid groups (broad SMARTS) is 1. The highest BCUT2D eigenvalue weighted by Crippen LogP contribution is 2.38. The average Bonchev–Trinajstić information content (AvgIpc) is 2.85. The maximum atomic E-state index is 13.8. The van der Waals surface area contributed by atoms with E-state index in [9.17, 15) is 36.2 Å². The lowest BCUT2D eigenvalue weighted by atomic mass is 10.0. The first-order valence-electron chi connectivity index (χ1n) is 12.1. The molecule has 0 saturated carbocycles. The van der Waals surface area contributed by atoms with Gasteiger partial charge < -0.3 is 19.5 Å². The molecule has 7 nitrogen and oxygen atoms in total. The van der Waals surface area contributed by atoms with Gasteiger partial charge >= 0.3 is 18.5 Å². The van der Waals surface area contributed by atoms with Crippen molar-refractivity contribution in [3.8, 4) is 11.5 Å². The molecule has 1 aromatic heterocycles. The maximum absolute atomic E-state index is 13.8. The largest absolute Gasteiger partial charge is 0.573 e. The fourth-order valence-corrected chi connectivity index (χ4v) is 3.63. The molecule has 0 spiro atoms. The van der Waals surface area contributed by atoms with Gasteiger partial charge in [-0.15, -0.1) is 13.2 Å². The zero-order chi connectivity index (χ0) is 29.7. The Balaban J connectivity index is 1.89. The molecule has 0 radical (unpaired) electrons. The van der Waals surface area contributed by atoms with Crippen molar-refractivity contribution in [3.63, 3.8) is 0 Å². The molecule has 1 heterocycles. The lowest BCUT2D eigenvalue weighted by molar-refractivity contribution is -0.274. The number of rotatable bonds is 11. The second-order valence-corrected chi connectivity index (χ2v) is 9.36. The quantitative estimate of drug-likeness (QED) is 0.265. The van der Waals surface area contributed by atoms with Crippen molar-refractivity contribution in [1.29, 1.82) is 0 Å². The van der Waals surface area contributed by atoms with Crippen LogP contribution in [-0.2, 0) is 30.4 Å². The summed E-state index contributed by atoms with van der Waals surface area (Å²) in [5.41, 5.74) is -1.49. The van der Waals surface area contributed by atoms with E-state index in [0.29, 0.717) is 12.0 Å². The first kappa shape index (κ1) is 30.5. The third-order valence-corrected chi connectivity index (χ3v) is 5.79. The van der Waals surface area contributed by atoms with E-state index >= 15 is 0 Å². The highest BCUT2D eigenvalue weighted by molar-refractivity contribution is 5.76. The summed E-state index contributed by atoms with van der Waals surface area (Å²) >= 11 is 0. The fourth-order valence-electron chi connectivity index (χ4n) is 3.63. The molecule has 0 unspecified atom stereocenters. The smallest absolute Gasteiger partial charge is 0.478 e. The van der Waals surface area contributed by atoms with E-state index in [1.807, 2.05) is 6.92 Å². The van der Waals surface area contributed by atoms with Gasteiger partial charge in [-0.25, -0.2) is 14.8 Å². The van der Waals surface area contributed by atoms with Crippen molar-refractivity contribution in [2.45, 2.75) is 58.3 Å². The number of carboxylic acids is 1. The first-order valence-corrected chi connectivity index (χ1v) is 12.1. The average molecular weight is 572 g/mol. The first-order chi connectivity index (χ1) is 18.6. The normalized spacial score (nSPS) is 12.2. The molecule has 13 heteroatoms. The monoisotopic (exact) mass is 571 g/mol. The molecule has 0 saturated heterocycles. The fraction of sp³-hybridized carbons (Fsp3) is 0.370. The Morgan fingerprint density at radius 2 is 1.60 bits per heavy atom. The number of aryl methyl sites for hydroxylation is 1. The Morgan fingerprint density at radius 3 is 2.17 bits per heavy atom. The van der Waals surface area contributed by atoms with Crippen LogP contribution >= 0.6 is 0 Å². The number of alkyl halides is 6. The summed E-state index contributed by atoms with van der Waals surface area (Å²) < 4.78 is 88.7. The van der Waals surface area contributed by atoms with Crippen molar-refractivity contribution in [2.24, 2.45) is 0 Å². The summed E-state index contributed by atoms with van der Waals surface area (Å²) in [4.78, 5) is 21.6. The minimum Gasteiger partial charge on any atom is -0.478 e. The molecular weight excluding hydrogens is 544 g/mol. The number of benzene rings is 2. The van der Waals surface area contributed by atoms with Gasteiger partial charge in [-0.1, -0.05) is 25.1 Å². The zero-order valence-electron chi connectivity index (χ0n) is 21.8. The predicted molar refractivity (Wildman–Crippen MR) is 133 cm³/mol. The van der Waals surface area contributed by atoms with E-state index in [2.05, 4.69) is 14.7 Å². The lowest BCUT2D eigenvalue weighted by Crippen LogP contribution is -2.38. The van der Waals surface area contributed by atoms with E-state index in [-0.39, 0.29) is 31.0 Å². The summed E-state index contributed by atoms with van der Waals surface area (Å²) in [6.07, 6.45) is -5.76. The van der Waals surface area contributed by atoms with Crippen LogP contribution in [0.1, 0.15) is 43.0 Å². The van der Waals surface area contributed by atoms with Crippen LogP contribution in [0, 0.1) is 0 Å². The van der Waals surface area contributed by atoms with Gasteiger partial charge in [0.25, 0.3) is 0 Å². The molecule has 0 fully saturated rings. The van der Waals surface area contributed by atoms with Gasteiger partial charge in [-0.2, -0.15) is 13.2 Å². The van der Waals surface area contributed by atoms with Crippen LogP contribution in [0.15, 0.2) is 54.9 Å². The minimum absolute atomic E-state index is 0.0423. The molecule has 0 aliphatic carbocycles. The molecule has 0 aliphatic heterocycles. The number of hydrogen-bond donors (Lipinski definition) is 1. The number of hydrogen-bond acceptors (Lipinski definition) is 6. The number of nitrogens with zero attached hydrogens (tertiary/aromatic N) is 3. The van der Waals surface area contributed by atoms with Crippen molar-refractivity contribution in [3.05, 3.63) is 77.1 Å². The number of carbonyl (C=O) groups is 1. The summed E-state index contributed by atoms with van der Waals surface area (Å²) in [7, 11) is 0. The summed E-state index contributed by atoms with van der Waals surface area (Å²) in [5.74, 6) is -2.24. The summed E-state index contributed by atoms with van der Waals surface area (Å²) in [6, 6.07) is 8.67. The van der Waals surface area contributed by atoms with E-state index in [1.54, 1.807) is 23.4 Å². The van der Waals surface area contributed by atoms with Crippen LogP contribution in [-0.4, -0.2) is 39.6 Å². The molecular formula is C27H27F6N3O4. The van der Waals surface area contributed by atoms with E-state index in [0.717, 1.165) is 37.6 Å². The van der Waals surface area contributed by atoms with Crippen molar-refractivity contribution >= 4 is 11.9 Å². The SMILES string of the molecule is CCc1cnc(N(CCc2ccc(OC(C)(C)C(=O)O)c(C(F)(F)F)c2)Cc2cccc(OC(F)(F)F)c2)nc1. The van der Waals surface area contributed by atoms with Gasteiger partial charge in [0.1, 0.15) is 11.5 Å². The van der Waals surface area contributed by atoms with Gasteiger partial charge in [0.05, 0.1) is 5.56 Å². The van der Waals surface area contributed by atoms with Crippen LogP contribution in [0.5, 0.6) is 11.5 Å². The van der Waals surface area contributed by atoms with Crippen molar-refractivity contribution < 1.29 is 45.7 Å². The number of halogens is 6. The number of anilines is 1. The molecule has 3 aromatic rings. The summed E-state index contributed by atoms with van der Waals surface area (Å²) in [5, 5.41) is 9.24. The Hall–Kier alpha value is -4.03. The molecule has 2 aromatic carbocycles. The Morgan fingerprint density at radius 1 is 0.925 bits per heavy atom. The van der Waals surface area contributed by atoms with Gasteiger partial charge in [0.2, 0.25) is 5.95 Å². The second-order valence-electron chi connectivity index (χ2n) is 9.36. The number of aromatic nitrogens is 2. The molecule has 0 atom stereocenters. The van der Waals surface area contributed by atoms with Crippen LogP contribution in [0.3, 0.4) is 0 Å². The standard InChI is InChI=1S/C27H27F6N3O4/c1-4-17-14-34-24(35-15-17)36(16-19-6-5-7-20(12-19)39-27(31,32)33)11-10-18-8-9-22(21(13-18)26(28,29)30)40-25(2,3)23(37)38/h5-9,12-15H,4,10-11,16H2,1-3H3,(H,37,38). The van der Waals surface area contributed by atoms with E-state index in [4.69, 9.17) is 4.74 Å². The Bertz CT molecular complexity index is 1310. The minimum atomic E-state index is -4.87. The third-order valence-electron chi connectivity index (χ3n) is 5.79. The highest BCUT2D eigenvalue weighted by Gasteiger charge is 2.38.